The van der Waals surface area contributed by atoms with Gasteiger partial charge in [-0.25, -0.2) is 0 Å². The SMILES string of the molecule is COCCCN1CC2(CCN(C(=O)c3cnccc3C)CC2)CC1=O. The lowest BCUT2D eigenvalue weighted by atomic mass is 9.77. The first kappa shape index (κ1) is 17.9. The lowest BCUT2D eigenvalue weighted by Crippen LogP contribution is -2.44. The number of ether oxygens (including phenoxy) is 1. The Labute approximate surface area is 149 Å². The number of piperidine rings is 1. The number of likely N-dealkylation sites (tertiary alicyclic amines) is 2. The molecule has 1 aromatic rings. The molecule has 2 amide bonds. The van der Waals surface area contributed by atoms with E-state index in [0.717, 1.165) is 37.9 Å². The molecule has 6 heteroatoms. The molecule has 1 aromatic heterocycles. The molecular weight excluding hydrogens is 318 g/mol. The van der Waals surface area contributed by atoms with Crippen LogP contribution in [0.15, 0.2) is 18.5 Å². The summed E-state index contributed by atoms with van der Waals surface area (Å²) in [5.41, 5.74) is 1.69. The van der Waals surface area contributed by atoms with Crippen molar-refractivity contribution in [3.8, 4) is 0 Å². The van der Waals surface area contributed by atoms with Crippen LogP contribution >= 0.6 is 0 Å². The number of rotatable bonds is 5. The molecular formula is C19H27N3O3. The van der Waals surface area contributed by atoms with Gasteiger partial charge in [0.1, 0.15) is 0 Å². The van der Waals surface area contributed by atoms with E-state index in [1.54, 1.807) is 19.5 Å². The Hall–Kier alpha value is -1.95. The second-order valence-electron chi connectivity index (χ2n) is 7.32. The van der Waals surface area contributed by atoms with Gasteiger partial charge in [-0.2, -0.15) is 0 Å². The van der Waals surface area contributed by atoms with E-state index in [1.165, 1.54) is 0 Å². The van der Waals surface area contributed by atoms with Gasteiger partial charge in [-0.05, 0) is 37.8 Å². The van der Waals surface area contributed by atoms with E-state index in [4.69, 9.17) is 4.74 Å². The molecule has 0 atom stereocenters. The van der Waals surface area contributed by atoms with Crippen LogP contribution in [0.25, 0.3) is 0 Å². The largest absolute Gasteiger partial charge is 0.385 e. The minimum atomic E-state index is 0.0465. The summed E-state index contributed by atoms with van der Waals surface area (Å²) < 4.78 is 5.08. The van der Waals surface area contributed by atoms with E-state index in [2.05, 4.69) is 4.98 Å². The van der Waals surface area contributed by atoms with Gasteiger partial charge in [0, 0.05) is 64.1 Å². The highest BCUT2D eigenvalue weighted by Crippen LogP contribution is 2.41. The molecule has 2 aliphatic rings. The molecule has 2 fully saturated rings. The first-order chi connectivity index (χ1) is 12.0. The molecule has 0 unspecified atom stereocenters. The summed E-state index contributed by atoms with van der Waals surface area (Å²) in [6.45, 7) is 5.64. The zero-order chi connectivity index (χ0) is 17.9. The molecule has 2 aliphatic heterocycles. The van der Waals surface area contributed by atoms with Gasteiger partial charge in [-0.15, -0.1) is 0 Å². The average molecular weight is 345 g/mol. The number of pyridine rings is 1. The average Bonchev–Trinajstić information content (AvgIpc) is 2.91. The summed E-state index contributed by atoms with van der Waals surface area (Å²) in [5, 5.41) is 0. The zero-order valence-electron chi connectivity index (χ0n) is 15.2. The van der Waals surface area contributed by atoms with Gasteiger partial charge in [0.2, 0.25) is 5.91 Å². The Morgan fingerprint density at radius 3 is 2.80 bits per heavy atom. The minimum Gasteiger partial charge on any atom is -0.385 e. The van der Waals surface area contributed by atoms with Crippen LogP contribution < -0.4 is 0 Å². The molecule has 136 valence electrons. The lowest BCUT2D eigenvalue weighted by Gasteiger charge is -2.39. The fourth-order valence-corrected chi connectivity index (χ4v) is 3.96. The van der Waals surface area contributed by atoms with Crippen LogP contribution in [0.5, 0.6) is 0 Å². The molecule has 2 saturated heterocycles. The first-order valence-electron chi connectivity index (χ1n) is 9.01. The van der Waals surface area contributed by atoms with Crippen molar-refractivity contribution < 1.29 is 14.3 Å². The quantitative estimate of drug-likeness (QED) is 0.765. The number of methoxy groups -OCH3 is 1. The lowest BCUT2D eigenvalue weighted by molar-refractivity contribution is -0.128. The van der Waals surface area contributed by atoms with E-state index in [0.29, 0.717) is 31.7 Å². The Morgan fingerprint density at radius 2 is 2.12 bits per heavy atom. The Bertz CT molecular complexity index is 639. The molecule has 0 bridgehead atoms. The van der Waals surface area contributed by atoms with Gasteiger partial charge < -0.3 is 14.5 Å². The van der Waals surface area contributed by atoms with Crippen molar-refractivity contribution in [2.45, 2.75) is 32.6 Å². The predicted octanol–water partition coefficient (Wildman–Crippen LogP) is 1.88. The maximum atomic E-state index is 12.7. The Morgan fingerprint density at radius 1 is 1.36 bits per heavy atom. The molecule has 3 heterocycles. The molecule has 0 aromatic carbocycles. The molecule has 1 spiro atoms. The fourth-order valence-electron chi connectivity index (χ4n) is 3.96. The highest BCUT2D eigenvalue weighted by molar-refractivity contribution is 5.95. The molecule has 0 N–H and O–H groups in total. The van der Waals surface area contributed by atoms with Crippen LogP contribution in [0.1, 0.15) is 41.6 Å². The second-order valence-corrected chi connectivity index (χ2v) is 7.32. The highest BCUT2D eigenvalue weighted by Gasteiger charge is 2.45. The number of hydrogen-bond donors (Lipinski definition) is 0. The minimum absolute atomic E-state index is 0.0465. The van der Waals surface area contributed by atoms with E-state index in [1.807, 2.05) is 22.8 Å². The van der Waals surface area contributed by atoms with Gasteiger partial charge in [0.15, 0.2) is 0 Å². The van der Waals surface area contributed by atoms with E-state index < -0.39 is 0 Å². The fraction of sp³-hybridized carbons (Fsp3) is 0.632. The summed E-state index contributed by atoms with van der Waals surface area (Å²) in [7, 11) is 1.68. The molecule has 3 rings (SSSR count). The number of carbonyl (C=O) groups is 2. The van der Waals surface area contributed by atoms with Crippen LogP contribution in [0, 0.1) is 12.3 Å². The molecule has 0 radical (unpaired) electrons. The molecule has 25 heavy (non-hydrogen) atoms. The maximum Gasteiger partial charge on any atom is 0.255 e. The van der Waals surface area contributed by atoms with Gasteiger partial charge in [-0.3, -0.25) is 14.6 Å². The predicted molar refractivity (Wildman–Crippen MR) is 94.2 cm³/mol. The van der Waals surface area contributed by atoms with Crippen LogP contribution in [0.3, 0.4) is 0 Å². The summed E-state index contributed by atoms with van der Waals surface area (Å²) in [5.74, 6) is 0.306. The van der Waals surface area contributed by atoms with Gasteiger partial charge >= 0.3 is 0 Å². The normalized spacial score (nSPS) is 19.7. The van der Waals surface area contributed by atoms with Gasteiger partial charge in [0.05, 0.1) is 5.56 Å². The summed E-state index contributed by atoms with van der Waals surface area (Å²) in [6.07, 6.45) is 6.64. The monoisotopic (exact) mass is 345 g/mol. The van der Waals surface area contributed by atoms with Crippen molar-refractivity contribution in [1.29, 1.82) is 0 Å². The van der Waals surface area contributed by atoms with Crippen molar-refractivity contribution >= 4 is 11.8 Å². The smallest absolute Gasteiger partial charge is 0.255 e. The van der Waals surface area contributed by atoms with Crippen LogP contribution in [0.4, 0.5) is 0 Å². The number of nitrogens with zero attached hydrogens (tertiary/aromatic N) is 3. The summed E-state index contributed by atoms with van der Waals surface area (Å²) in [6, 6.07) is 1.87. The summed E-state index contributed by atoms with van der Waals surface area (Å²) in [4.78, 5) is 33.0. The van der Waals surface area contributed by atoms with Crippen LogP contribution in [-0.4, -0.2) is 66.5 Å². The van der Waals surface area contributed by atoms with Crippen molar-refractivity contribution in [1.82, 2.24) is 14.8 Å². The maximum absolute atomic E-state index is 12.7. The number of hydrogen-bond acceptors (Lipinski definition) is 4. The van der Waals surface area contributed by atoms with Crippen molar-refractivity contribution in [2.24, 2.45) is 5.41 Å². The Balaban J connectivity index is 1.58. The number of aromatic nitrogens is 1. The molecule has 6 nitrogen and oxygen atoms in total. The van der Waals surface area contributed by atoms with E-state index >= 15 is 0 Å². The number of aryl methyl sites for hydroxylation is 1. The first-order valence-corrected chi connectivity index (χ1v) is 9.01. The van der Waals surface area contributed by atoms with E-state index in [9.17, 15) is 9.59 Å². The standard InChI is InChI=1S/C19H27N3O3/c1-15-4-7-20-13-16(15)18(24)21-9-5-19(6-10-21)12-17(23)22(14-19)8-3-11-25-2/h4,7,13H,3,5-6,8-12,14H2,1-2H3. The highest BCUT2D eigenvalue weighted by atomic mass is 16.5. The van der Waals surface area contributed by atoms with Crippen LogP contribution in [0.2, 0.25) is 0 Å². The summed E-state index contributed by atoms with van der Waals surface area (Å²) >= 11 is 0. The third-order valence-electron chi connectivity index (χ3n) is 5.56. The van der Waals surface area contributed by atoms with Crippen LogP contribution in [-0.2, 0) is 9.53 Å². The van der Waals surface area contributed by atoms with Gasteiger partial charge in [-0.1, -0.05) is 0 Å². The van der Waals surface area contributed by atoms with Crippen molar-refractivity contribution in [3.63, 3.8) is 0 Å². The third-order valence-corrected chi connectivity index (χ3v) is 5.56. The van der Waals surface area contributed by atoms with Crippen molar-refractivity contribution in [3.05, 3.63) is 29.6 Å². The topological polar surface area (TPSA) is 62.7 Å². The zero-order valence-corrected chi connectivity index (χ0v) is 15.2. The Kier molecular flexibility index (Phi) is 5.37. The molecule has 0 aliphatic carbocycles. The van der Waals surface area contributed by atoms with E-state index in [-0.39, 0.29) is 17.2 Å². The third kappa shape index (κ3) is 3.84. The second kappa shape index (κ2) is 7.52. The van der Waals surface area contributed by atoms with Crippen molar-refractivity contribution in [2.75, 3.05) is 39.9 Å². The number of carbonyl (C=O) groups excluding carboxylic acids is 2. The molecule has 0 saturated carbocycles. The van der Waals surface area contributed by atoms with Gasteiger partial charge in [0.25, 0.3) is 5.91 Å². The number of amides is 2.